The first-order chi connectivity index (χ1) is 7.94. The van der Waals surface area contributed by atoms with Gasteiger partial charge in [-0.2, -0.15) is 0 Å². The number of carbonyl (C=O) groups is 1. The zero-order valence-electron chi connectivity index (χ0n) is 10.8. The van der Waals surface area contributed by atoms with Crippen LogP contribution in [0.4, 0.5) is 0 Å². The van der Waals surface area contributed by atoms with Crippen LogP contribution in [-0.2, 0) is 10.2 Å². The number of carbonyl (C=O) groups excluding carboxylic acids is 1. The van der Waals surface area contributed by atoms with Crippen LogP contribution in [0.2, 0.25) is 0 Å². The molecule has 0 spiro atoms. The van der Waals surface area contributed by atoms with E-state index in [1.165, 1.54) is 5.56 Å². The minimum absolute atomic E-state index is 0.118. The van der Waals surface area contributed by atoms with Gasteiger partial charge in [-0.15, -0.1) is 0 Å². The summed E-state index contributed by atoms with van der Waals surface area (Å²) in [6.07, 6.45) is 5.98. The van der Waals surface area contributed by atoms with Crippen molar-refractivity contribution in [2.45, 2.75) is 39.0 Å². The van der Waals surface area contributed by atoms with Crippen molar-refractivity contribution in [1.29, 1.82) is 0 Å². The van der Waals surface area contributed by atoms with Gasteiger partial charge in [0.2, 0.25) is 5.91 Å². The first-order valence-corrected chi connectivity index (χ1v) is 6.13. The van der Waals surface area contributed by atoms with Crippen LogP contribution in [0.5, 0.6) is 0 Å². The van der Waals surface area contributed by atoms with E-state index in [-0.39, 0.29) is 16.7 Å². The van der Waals surface area contributed by atoms with Crippen molar-refractivity contribution in [2.24, 2.45) is 5.41 Å². The third kappa shape index (κ3) is 2.65. The molecule has 1 saturated carbocycles. The van der Waals surface area contributed by atoms with Crippen LogP contribution < -0.4 is 5.32 Å². The molecule has 1 heterocycles. The summed E-state index contributed by atoms with van der Waals surface area (Å²) in [7, 11) is 0. The molecule has 17 heavy (non-hydrogen) atoms. The molecule has 0 atom stereocenters. The molecule has 1 fully saturated rings. The Hall–Kier alpha value is -1.38. The first-order valence-electron chi connectivity index (χ1n) is 6.13. The van der Waals surface area contributed by atoms with Crippen LogP contribution >= 0.6 is 0 Å². The molecule has 3 nitrogen and oxygen atoms in total. The fourth-order valence-electron chi connectivity index (χ4n) is 1.91. The minimum atomic E-state index is -0.314. The number of hydrogen-bond acceptors (Lipinski definition) is 2. The Kier molecular flexibility index (Phi) is 2.94. The standard InChI is InChI=1S/C14H20N2O/c1-13(2,3)12(17)16-10-14(6-7-14)11-5-4-8-15-9-11/h4-5,8-9H,6-7,10H2,1-3H3,(H,16,17). The number of pyridine rings is 1. The molecule has 0 bridgehead atoms. The molecule has 2 rings (SSSR count). The maximum Gasteiger partial charge on any atom is 0.225 e. The van der Waals surface area contributed by atoms with Crippen LogP contribution in [0, 0.1) is 5.41 Å². The van der Waals surface area contributed by atoms with E-state index in [1.807, 2.05) is 33.0 Å². The highest BCUT2D eigenvalue weighted by atomic mass is 16.2. The average molecular weight is 232 g/mol. The third-order valence-electron chi connectivity index (χ3n) is 3.40. The van der Waals surface area contributed by atoms with Gasteiger partial charge in [-0.1, -0.05) is 26.8 Å². The van der Waals surface area contributed by atoms with Gasteiger partial charge in [0.15, 0.2) is 0 Å². The van der Waals surface area contributed by atoms with Gasteiger partial charge in [0.05, 0.1) is 0 Å². The normalized spacial score (nSPS) is 17.6. The van der Waals surface area contributed by atoms with Gasteiger partial charge in [-0.3, -0.25) is 9.78 Å². The van der Waals surface area contributed by atoms with Crippen molar-refractivity contribution >= 4 is 5.91 Å². The Bertz CT molecular complexity index is 402. The fourth-order valence-corrected chi connectivity index (χ4v) is 1.91. The predicted molar refractivity (Wildman–Crippen MR) is 67.6 cm³/mol. The van der Waals surface area contributed by atoms with Crippen molar-refractivity contribution in [3.05, 3.63) is 30.1 Å². The quantitative estimate of drug-likeness (QED) is 0.868. The number of nitrogens with one attached hydrogen (secondary N) is 1. The highest BCUT2D eigenvalue weighted by Gasteiger charge is 2.44. The second-order valence-corrected chi connectivity index (χ2v) is 5.95. The van der Waals surface area contributed by atoms with Crippen LogP contribution in [0.15, 0.2) is 24.5 Å². The highest BCUT2D eigenvalue weighted by Crippen LogP contribution is 2.47. The molecule has 1 amide bonds. The van der Waals surface area contributed by atoms with Gasteiger partial charge in [-0.25, -0.2) is 0 Å². The lowest BCUT2D eigenvalue weighted by Gasteiger charge is -2.21. The second-order valence-electron chi connectivity index (χ2n) is 5.95. The zero-order chi connectivity index (χ0) is 12.5. The Balaban J connectivity index is 1.99. The van der Waals surface area contributed by atoms with Gasteiger partial charge in [0.1, 0.15) is 0 Å². The molecule has 0 aromatic carbocycles. The number of nitrogens with zero attached hydrogens (tertiary/aromatic N) is 1. The van der Waals surface area contributed by atoms with Crippen LogP contribution in [0.3, 0.4) is 0 Å². The molecular formula is C14H20N2O. The van der Waals surface area contributed by atoms with Crippen molar-refractivity contribution in [3.63, 3.8) is 0 Å². The summed E-state index contributed by atoms with van der Waals surface area (Å²) in [6.45, 7) is 6.54. The van der Waals surface area contributed by atoms with E-state index in [2.05, 4.69) is 16.4 Å². The Labute approximate surface area is 103 Å². The first kappa shape index (κ1) is 12.1. The van der Waals surface area contributed by atoms with Gasteiger partial charge < -0.3 is 5.32 Å². The fraction of sp³-hybridized carbons (Fsp3) is 0.571. The molecule has 92 valence electrons. The summed E-state index contributed by atoms with van der Waals surface area (Å²) in [5.41, 5.74) is 1.08. The molecular weight excluding hydrogens is 212 g/mol. The summed E-state index contributed by atoms with van der Waals surface area (Å²) in [4.78, 5) is 16.0. The lowest BCUT2D eigenvalue weighted by molar-refractivity contribution is -0.128. The lowest BCUT2D eigenvalue weighted by Crippen LogP contribution is -2.39. The Morgan fingerprint density at radius 2 is 2.18 bits per heavy atom. The largest absolute Gasteiger partial charge is 0.355 e. The maximum absolute atomic E-state index is 11.8. The summed E-state index contributed by atoms with van der Waals surface area (Å²) in [5, 5.41) is 3.06. The average Bonchev–Trinajstić information content (AvgIpc) is 3.07. The summed E-state index contributed by atoms with van der Waals surface area (Å²) in [6, 6.07) is 4.06. The van der Waals surface area contributed by atoms with Gasteiger partial charge in [-0.05, 0) is 24.5 Å². The number of rotatable bonds is 3. The monoisotopic (exact) mass is 232 g/mol. The Morgan fingerprint density at radius 3 is 2.65 bits per heavy atom. The van der Waals surface area contributed by atoms with E-state index in [9.17, 15) is 4.79 Å². The maximum atomic E-state index is 11.8. The smallest absolute Gasteiger partial charge is 0.225 e. The predicted octanol–water partition coefficient (Wildman–Crippen LogP) is 2.28. The van der Waals surface area contributed by atoms with Crippen LogP contribution in [0.1, 0.15) is 39.2 Å². The van der Waals surface area contributed by atoms with E-state index in [1.54, 1.807) is 6.20 Å². The second kappa shape index (κ2) is 4.13. The molecule has 0 saturated heterocycles. The number of aromatic nitrogens is 1. The van der Waals surface area contributed by atoms with Crippen LogP contribution in [-0.4, -0.2) is 17.4 Å². The molecule has 1 aromatic heterocycles. The molecule has 1 aliphatic rings. The van der Waals surface area contributed by atoms with Gasteiger partial charge in [0, 0.05) is 29.8 Å². The van der Waals surface area contributed by atoms with E-state index < -0.39 is 0 Å². The van der Waals surface area contributed by atoms with Crippen molar-refractivity contribution in [1.82, 2.24) is 10.3 Å². The SMILES string of the molecule is CC(C)(C)C(=O)NCC1(c2cccnc2)CC1. The minimum Gasteiger partial charge on any atom is -0.355 e. The van der Waals surface area contributed by atoms with Crippen molar-refractivity contribution in [3.8, 4) is 0 Å². The molecule has 3 heteroatoms. The molecule has 1 aliphatic carbocycles. The number of hydrogen-bond donors (Lipinski definition) is 1. The molecule has 0 radical (unpaired) electrons. The summed E-state index contributed by atoms with van der Waals surface area (Å²) in [5.74, 6) is 0.118. The lowest BCUT2D eigenvalue weighted by atomic mass is 9.93. The van der Waals surface area contributed by atoms with E-state index >= 15 is 0 Å². The zero-order valence-corrected chi connectivity index (χ0v) is 10.8. The summed E-state index contributed by atoms with van der Waals surface area (Å²) >= 11 is 0. The van der Waals surface area contributed by atoms with Gasteiger partial charge in [0.25, 0.3) is 0 Å². The van der Waals surface area contributed by atoms with E-state index in [4.69, 9.17) is 0 Å². The Morgan fingerprint density at radius 1 is 1.47 bits per heavy atom. The van der Waals surface area contributed by atoms with E-state index in [0.29, 0.717) is 0 Å². The van der Waals surface area contributed by atoms with Crippen LogP contribution in [0.25, 0.3) is 0 Å². The van der Waals surface area contributed by atoms with E-state index in [0.717, 1.165) is 19.4 Å². The molecule has 1 aromatic rings. The third-order valence-corrected chi connectivity index (χ3v) is 3.40. The van der Waals surface area contributed by atoms with Crippen molar-refractivity contribution in [2.75, 3.05) is 6.54 Å². The number of amides is 1. The van der Waals surface area contributed by atoms with Gasteiger partial charge >= 0.3 is 0 Å². The molecule has 0 unspecified atom stereocenters. The molecule has 1 N–H and O–H groups in total. The summed E-state index contributed by atoms with van der Waals surface area (Å²) < 4.78 is 0. The molecule has 0 aliphatic heterocycles. The highest BCUT2D eigenvalue weighted by molar-refractivity contribution is 5.81. The topological polar surface area (TPSA) is 42.0 Å². The van der Waals surface area contributed by atoms with Crippen molar-refractivity contribution < 1.29 is 4.79 Å².